The van der Waals surface area contributed by atoms with Crippen LogP contribution in [0.4, 0.5) is 5.13 Å². The maximum absolute atomic E-state index is 12.5. The average molecular weight is 385 g/mol. The Kier molecular flexibility index (Phi) is 5.60. The molecule has 8 nitrogen and oxygen atoms in total. The molecule has 2 aromatic heterocycles. The second-order valence-electron chi connectivity index (χ2n) is 6.34. The molecule has 1 unspecified atom stereocenters. The molecule has 2 heterocycles. The summed E-state index contributed by atoms with van der Waals surface area (Å²) in [7, 11) is 0. The van der Waals surface area contributed by atoms with E-state index in [4.69, 9.17) is 0 Å². The zero-order chi connectivity index (χ0) is 19.4. The van der Waals surface area contributed by atoms with Crippen LogP contribution in [0.15, 0.2) is 40.6 Å². The van der Waals surface area contributed by atoms with E-state index in [0.717, 1.165) is 0 Å². The molecule has 1 atom stereocenters. The van der Waals surface area contributed by atoms with E-state index in [1.54, 1.807) is 35.8 Å². The molecular weight excluding hydrogens is 366 g/mol. The number of hydrogen-bond acceptors (Lipinski definition) is 6. The molecule has 140 valence electrons. The summed E-state index contributed by atoms with van der Waals surface area (Å²) in [6, 6.07) is 6.24. The third-order valence-corrected chi connectivity index (χ3v) is 4.72. The van der Waals surface area contributed by atoms with Crippen LogP contribution in [0, 0.1) is 5.92 Å². The first-order valence-electron chi connectivity index (χ1n) is 8.41. The largest absolute Gasteiger partial charge is 0.344 e. The Morgan fingerprint density at radius 1 is 1.22 bits per heavy atom. The number of benzene rings is 1. The number of rotatable bonds is 6. The summed E-state index contributed by atoms with van der Waals surface area (Å²) in [4.78, 5) is 40.9. The van der Waals surface area contributed by atoms with E-state index in [1.807, 2.05) is 13.8 Å². The second-order valence-corrected chi connectivity index (χ2v) is 7.23. The Hall–Kier alpha value is -3.07. The van der Waals surface area contributed by atoms with Crippen LogP contribution in [0.3, 0.4) is 0 Å². The number of aromatic nitrogens is 3. The van der Waals surface area contributed by atoms with Gasteiger partial charge in [-0.3, -0.25) is 14.4 Å². The highest BCUT2D eigenvalue weighted by atomic mass is 32.1. The van der Waals surface area contributed by atoms with Crippen molar-refractivity contribution in [3.05, 3.63) is 51.9 Å². The molecule has 0 fully saturated rings. The van der Waals surface area contributed by atoms with Gasteiger partial charge in [-0.15, -0.1) is 11.3 Å². The van der Waals surface area contributed by atoms with Gasteiger partial charge in [0.25, 0.3) is 5.56 Å². The quantitative estimate of drug-likeness (QED) is 0.597. The first-order valence-corrected chi connectivity index (χ1v) is 9.29. The maximum atomic E-state index is 12.5. The van der Waals surface area contributed by atoms with Crippen LogP contribution in [-0.2, 0) is 16.0 Å². The number of fused-ring (bicyclic) bond motifs is 1. The number of carbonyl (C=O) groups is 2. The van der Waals surface area contributed by atoms with Crippen molar-refractivity contribution in [3.8, 4) is 0 Å². The Bertz CT molecular complexity index is 1010. The molecular formula is C18H19N5O3S. The van der Waals surface area contributed by atoms with Gasteiger partial charge in [0.1, 0.15) is 6.04 Å². The van der Waals surface area contributed by atoms with Crippen LogP contribution in [-0.4, -0.2) is 33.0 Å². The molecule has 0 spiro atoms. The minimum Gasteiger partial charge on any atom is -0.344 e. The summed E-state index contributed by atoms with van der Waals surface area (Å²) >= 11 is 1.31. The van der Waals surface area contributed by atoms with E-state index in [2.05, 4.69) is 25.8 Å². The molecule has 3 rings (SSSR count). The highest BCUT2D eigenvalue weighted by Crippen LogP contribution is 2.14. The number of nitrogens with one attached hydrogen (secondary N) is 3. The van der Waals surface area contributed by atoms with E-state index in [0.29, 0.717) is 21.6 Å². The third-order valence-electron chi connectivity index (χ3n) is 4.03. The zero-order valence-corrected chi connectivity index (χ0v) is 15.7. The number of carbonyl (C=O) groups excluding carboxylic acids is 2. The molecule has 3 aromatic rings. The van der Waals surface area contributed by atoms with Crippen LogP contribution in [0.25, 0.3) is 10.8 Å². The van der Waals surface area contributed by atoms with Gasteiger partial charge in [0.2, 0.25) is 11.8 Å². The van der Waals surface area contributed by atoms with Gasteiger partial charge in [-0.1, -0.05) is 32.0 Å². The topological polar surface area (TPSA) is 117 Å². The number of aromatic amines is 1. The number of anilines is 1. The van der Waals surface area contributed by atoms with Gasteiger partial charge in [-0.05, 0) is 12.0 Å². The van der Waals surface area contributed by atoms with Gasteiger partial charge in [-0.2, -0.15) is 5.10 Å². The number of amides is 2. The molecule has 0 saturated carbocycles. The summed E-state index contributed by atoms with van der Waals surface area (Å²) in [6.45, 7) is 3.69. The molecule has 0 aliphatic carbocycles. The first-order chi connectivity index (χ1) is 13.0. The van der Waals surface area contributed by atoms with Crippen LogP contribution in [0.1, 0.15) is 19.5 Å². The van der Waals surface area contributed by atoms with Crippen molar-refractivity contribution in [1.82, 2.24) is 20.5 Å². The van der Waals surface area contributed by atoms with E-state index in [1.165, 1.54) is 11.3 Å². The van der Waals surface area contributed by atoms with Crippen molar-refractivity contribution in [3.63, 3.8) is 0 Å². The van der Waals surface area contributed by atoms with Crippen LogP contribution < -0.4 is 16.2 Å². The van der Waals surface area contributed by atoms with Crippen LogP contribution in [0.2, 0.25) is 0 Å². The van der Waals surface area contributed by atoms with Crippen molar-refractivity contribution >= 4 is 39.1 Å². The van der Waals surface area contributed by atoms with Gasteiger partial charge in [0, 0.05) is 17.0 Å². The van der Waals surface area contributed by atoms with Gasteiger partial charge >= 0.3 is 0 Å². The standard InChI is InChI=1S/C18H19N5O3S/c1-10(2)15(17(26)21-18-19-7-8-27-18)20-14(24)9-13-11-5-3-4-6-12(11)16(25)23-22-13/h3-8,10,15H,9H2,1-2H3,(H,20,24)(H,23,25)(H,19,21,26). The minimum atomic E-state index is -0.713. The maximum Gasteiger partial charge on any atom is 0.272 e. The summed E-state index contributed by atoms with van der Waals surface area (Å²) in [5.41, 5.74) is 0.142. The van der Waals surface area contributed by atoms with Crippen molar-refractivity contribution in [2.75, 3.05) is 5.32 Å². The Balaban J connectivity index is 1.74. The van der Waals surface area contributed by atoms with Crippen molar-refractivity contribution in [2.45, 2.75) is 26.3 Å². The fourth-order valence-electron chi connectivity index (χ4n) is 2.69. The third kappa shape index (κ3) is 4.37. The molecule has 0 bridgehead atoms. The fraction of sp³-hybridized carbons (Fsp3) is 0.278. The number of H-pyrrole nitrogens is 1. The number of nitrogens with zero attached hydrogens (tertiary/aromatic N) is 2. The van der Waals surface area contributed by atoms with Gasteiger partial charge in [0.05, 0.1) is 17.5 Å². The van der Waals surface area contributed by atoms with Crippen LogP contribution in [0.5, 0.6) is 0 Å². The summed E-state index contributed by atoms with van der Waals surface area (Å²) < 4.78 is 0. The molecule has 0 saturated heterocycles. The van der Waals surface area contributed by atoms with Crippen molar-refractivity contribution in [2.24, 2.45) is 5.92 Å². The summed E-state index contributed by atoms with van der Waals surface area (Å²) in [5.74, 6) is -0.797. The SMILES string of the molecule is CC(C)C(NC(=O)Cc1n[nH]c(=O)c2ccccc12)C(=O)Nc1nccs1. The molecule has 3 N–H and O–H groups in total. The number of thiazole rings is 1. The predicted octanol–water partition coefficient (Wildman–Crippen LogP) is 1.70. The van der Waals surface area contributed by atoms with E-state index >= 15 is 0 Å². The van der Waals surface area contributed by atoms with Gasteiger partial charge < -0.3 is 10.6 Å². The monoisotopic (exact) mass is 385 g/mol. The smallest absolute Gasteiger partial charge is 0.272 e. The molecule has 0 radical (unpaired) electrons. The van der Waals surface area contributed by atoms with Crippen molar-refractivity contribution < 1.29 is 9.59 Å². The van der Waals surface area contributed by atoms with Gasteiger partial charge in [-0.25, -0.2) is 10.1 Å². The lowest BCUT2D eigenvalue weighted by atomic mass is 10.0. The highest BCUT2D eigenvalue weighted by Gasteiger charge is 2.25. The molecule has 9 heteroatoms. The van der Waals surface area contributed by atoms with Crippen molar-refractivity contribution in [1.29, 1.82) is 0 Å². The van der Waals surface area contributed by atoms with E-state index in [9.17, 15) is 14.4 Å². The lowest BCUT2D eigenvalue weighted by Crippen LogP contribution is -2.47. The Morgan fingerprint density at radius 2 is 1.96 bits per heavy atom. The minimum absolute atomic E-state index is 0.0506. The molecule has 1 aromatic carbocycles. The Morgan fingerprint density at radius 3 is 2.63 bits per heavy atom. The summed E-state index contributed by atoms with van der Waals surface area (Å²) in [6.07, 6.45) is 1.54. The Labute approximate surface area is 159 Å². The lowest BCUT2D eigenvalue weighted by Gasteiger charge is -2.21. The van der Waals surface area contributed by atoms with E-state index in [-0.39, 0.29) is 29.7 Å². The molecule has 0 aliphatic rings. The lowest BCUT2D eigenvalue weighted by molar-refractivity contribution is -0.127. The van der Waals surface area contributed by atoms with Crippen LogP contribution >= 0.6 is 11.3 Å². The second kappa shape index (κ2) is 8.09. The number of hydrogen-bond donors (Lipinski definition) is 3. The summed E-state index contributed by atoms with van der Waals surface area (Å²) in [5, 5.41) is 15.2. The average Bonchev–Trinajstić information content (AvgIpc) is 3.15. The van der Waals surface area contributed by atoms with Gasteiger partial charge in [0.15, 0.2) is 5.13 Å². The predicted molar refractivity (Wildman–Crippen MR) is 104 cm³/mol. The highest BCUT2D eigenvalue weighted by molar-refractivity contribution is 7.13. The van der Waals surface area contributed by atoms with E-state index < -0.39 is 6.04 Å². The molecule has 27 heavy (non-hydrogen) atoms. The normalized spacial score (nSPS) is 12.1. The fourth-order valence-corrected chi connectivity index (χ4v) is 3.22. The molecule has 2 amide bonds. The molecule has 0 aliphatic heterocycles. The zero-order valence-electron chi connectivity index (χ0n) is 14.9. The first kappa shape index (κ1) is 18.7.